The largest absolute Gasteiger partial charge is 0.313 e. The zero-order chi connectivity index (χ0) is 24.4. The third-order valence-corrected chi connectivity index (χ3v) is 7.50. The van der Waals surface area contributed by atoms with Gasteiger partial charge in [-0.1, -0.05) is 83.9 Å². The molecule has 6 heteroatoms. The highest BCUT2D eigenvalue weighted by molar-refractivity contribution is 6.39. The fourth-order valence-corrected chi connectivity index (χ4v) is 5.42. The highest BCUT2D eigenvalue weighted by Crippen LogP contribution is 2.42. The summed E-state index contributed by atoms with van der Waals surface area (Å²) >= 11 is 14.0. The minimum Gasteiger partial charge on any atom is -0.313 e. The molecule has 35 heavy (non-hydrogen) atoms. The van der Waals surface area contributed by atoms with Gasteiger partial charge in [-0.25, -0.2) is 0 Å². The number of fused-ring (bicyclic) bond motifs is 1. The van der Waals surface area contributed by atoms with E-state index in [1.165, 1.54) is 11.1 Å². The van der Waals surface area contributed by atoms with Gasteiger partial charge in [0.25, 0.3) is 0 Å². The van der Waals surface area contributed by atoms with Gasteiger partial charge in [0.1, 0.15) is 0 Å². The maximum atomic E-state index is 7.04. The molecule has 0 radical (unpaired) electrons. The van der Waals surface area contributed by atoms with Gasteiger partial charge in [-0.15, -0.1) is 0 Å². The standard InChI is InChI=1S/C29H28Cl2N4/c1-18-21(17-34-32)12-13-27(35-18)26-9-3-8-25(29(26)31)24-7-2-6-23(28(24)30)20-10-11-22-16-33-14-4-5-19(22)15-20/h2-3,6-13,15,33-34H,4-5,14,16-17,32H2,1H3. The number of hydrazine groups is 1. The van der Waals surface area contributed by atoms with Crippen LogP contribution in [0.3, 0.4) is 0 Å². The van der Waals surface area contributed by atoms with Crippen LogP contribution in [0.25, 0.3) is 33.5 Å². The number of hydrogen-bond acceptors (Lipinski definition) is 4. The van der Waals surface area contributed by atoms with Gasteiger partial charge >= 0.3 is 0 Å². The summed E-state index contributed by atoms with van der Waals surface area (Å²) in [5, 5.41) is 4.82. The van der Waals surface area contributed by atoms with Crippen LogP contribution in [0.5, 0.6) is 0 Å². The van der Waals surface area contributed by atoms with E-state index in [0.29, 0.717) is 16.6 Å². The highest BCUT2D eigenvalue weighted by atomic mass is 35.5. The van der Waals surface area contributed by atoms with E-state index in [1.54, 1.807) is 0 Å². The van der Waals surface area contributed by atoms with Crippen LogP contribution >= 0.6 is 23.2 Å². The summed E-state index contributed by atoms with van der Waals surface area (Å²) < 4.78 is 0. The zero-order valence-electron chi connectivity index (χ0n) is 19.7. The van der Waals surface area contributed by atoms with Crippen molar-refractivity contribution < 1.29 is 0 Å². The Balaban J connectivity index is 1.55. The fourth-order valence-electron chi connectivity index (χ4n) is 4.76. The zero-order valence-corrected chi connectivity index (χ0v) is 21.2. The van der Waals surface area contributed by atoms with E-state index in [9.17, 15) is 0 Å². The third-order valence-electron chi connectivity index (χ3n) is 6.68. The lowest BCUT2D eigenvalue weighted by molar-refractivity contribution is 0.681. The first-order valence-electron chi connectivity index (χ1n) is 11.9. The molecule has 0 atom stereocenters. The Morgan fingerprint density at radius 3 is 2.34 bits per heavy atom. The monoisotopic (exact) mass is 502 g/mol. The molecule has 0 unspecified atom stereocenters. The molecule has 0 amide bonds. The van der Waals surface area contributed by atoms with Crippen molar-refractivity contribution in [2.75, 3.05) is 6.54 Å². The molecule has 1 aromatic heterocycles. The number of nitrogens with one attached hydrogen (secondary N) is 2. The first kappa shape index (κ1) is 24.0. The van der Waals surface area contributed by atoms with Crippen molar-refractivity contribution >= 4 is 23.2 Å². The molecule has 178 valence electrons. The first-order chi connectivity index (χ1) is 17.1. The molecule has 0 bridgehead atoms. The highest BCUT2D eigenvalue weighted by Gasteiger charge is 2.17. The lowest BCUT2D eigenvalue weighted by Crippen LogP contribution is -2.21. The number of hydrogen-bond donors (Lipinski definition) is 3. The molecule has 4 aromatic rings. The van der Waals surface area contributed by atoms with E-state index in [4.69, 9.17) is 34.0 Å². The van der Waals surface area contributed by atoms with Crippen molar-refractivity contribution in [2.45, 2.75) is 32.9 Å². The second kappa shape index (κ2) is 10.5. The maximum Gasteiger partial charge on any atom is 0.0720 e. The minimum atomic E-state index is 0.564. The van der Waals surface area contributed by atoms with Gasteiger partial charge in [-0.3, -0.25) is 16.3 Å². The Morgan fingerprint density at radius 2 is 1.60 bits per heavy atom. The molecule has 0 saturated heterocycles. The molecule has 4 nitrogen and oxygen atoms in total. The van der Waals surface area contributed by atoms with Crippen molar-refractivity contribution in [3.8, 4) is 33.5 Å². The lowest BCUT2D eigenvalue weighted by atomic mass is 9.94. The number of rotatable bonds is 5. The Labute approximate surface area is 216 Å². The summed E-state index contributed by atoms with van der Waals surface area (Å²) in [5.41, 5.74) is 13.1. The molecule has 0 fully saturated rings. The third kappa shape index (κ3) is 4.86. The van der Waals surface area contributed by atoms with Crippen LogP contribution in [0, 0.1) is 6.92 Å². The molecule has 3 aromatic carbocycles. The topological polar surface area (TPSA) is 63.0 Å². The summed E-state index contributed by atoms with van der Waals surface area (Å²) in [6.07, 6.45) is 2.22. The Morgan fingerprint density at radius 1 is 0.886 bits per heavy atom. The predicted octanol–water partition coefficient (Wildman–Crippen LogP) is 6.70. The van der Waals surface area contributed by atoms with Crippen LogP contribution in [-0.2, 0) is 19.5 Å². The molecule has 2 heterocycles. The maximum absolute atomic E-state index is 7.04. The van der Waals surface area contributed by atoms with Crippen molar-refractivity contribution in [3.63, 3.8) is 0 Å². The van der Waals surface area contributed by atoms with Crippen LogP contribution in [-0.4, -0.2) is 11.5 Å². The van der Waals surface area contributed by atoms with Crippen LogP contribution in [0.2, 0.25) is 10.0 Å². The minimum absolute atomic E-state index is 0.564. The SMILES string of the molecule is Cc1nc(-c2cccc(-c3cccc(-c4ccc5c(c4)CCCNC5)c3Cl)c2Cl)ccc1CNN. The lowest BCUT2D eigenvalue weighted by Gasteiger charge is -2.15. The van der Waals surface area contributed by atoms with Crippen molar-refractivity contribution in [1.29, 1.82) is 0 Å². The molecule has 5 rings (SSSR count). The molecule has 1 aliphatic rings. The number of nitrogens with two attached hydrogens (primary N) is 1. The number of aryl methyl sites for hydroxylation is 2. The van der Waals surface area contributed by atoms with E-state index < -0.39 is 0 Å². The number of halogens is 2. The molecule has 0 saturated carbocycles. The van der Waals surface area contributed by atoms with Gasteiger partial charge in [-0.2, -0.15) is 0 Å². The number of pyridine rings is 1. The van der Waals surface area contributed by atoms with Gasteiger partial charge in [0.15, 0.2) is 0 Å². The normalized spacial score (nSPS) is 13.4. The van der Waals surface area contributed by atoms with E-state index in [-0.39, 0.29) is 0 Å². The van der Waals surface area contributed by atoms with E-state index >= 15 is 0 Å². The fraction of sp³-hybridized carbons (Fsp3) is 0.207. The van der Waals surface area contributed by atoms with Crippen molar-refractivity contribution in [2.24, 2.45) is 5.84 Å². The molecular formula is C29H28Cl2N4. The summed E-state index contributed by atoms with van der Waals surface area (Å²) in [4.78, 5) is 4.78. The van der Waals surface area contributed by atoms with Crippen LogP contribution in [0.4, 0.5) is 0 Å². The van der Waals surface area contributed by atoms with Gasteiger partial charge in [-0.05, 0) is 54.6 Å². The van der Waals surface area contributed by atoms with Crippen molar-refractivity contribution in [3.05, 3.63) is 99.2 Å². The smallest absolute Gasteiger partial charge is 0.0720 e. The van der Waals surface area contributed by atoms with Crippen LogP contribution < -0.4 is 16.6 Å². The van der Waals surface area contributed by atoms with E-state index in [1.807, 2.05) is 49.4 Å². The molecule has 4 N–H and O–H groups in total. The van der Waals surface area contributed by atoms with Gasteiger partial charge < -0.3 is 5.32 Å². The van der Waals surface area contributed by atoms with Gasteiger partial charge in [0.05, 0.1) is 15.7 Å². The quantitative estimate of drug-likeness (QED) is 0.210. The molecule has 1 aliphatic heterocycles. The Kier molecular flexibility index (Phi) is 7.19. The van der Waals surface area contributed by atoms with Crippen LogP contribution in [0.15, 0.2) is 66.7 Å². The van der Waals surface area contributed by atoms with E-state index in [2.05, 4.69) is 35.0 Å². The van der Waals surface area contributed by atoms with Crippen LogP contribution in [0.1, 0.15) is 28.8 Å². The number of aromatic nitrogens is 1. The summed E-state index contributed by atoms with van der Waals surface area (Å²) in [7, 11) is 0. The van der Waals surface area contributed by atoms with Gasteiger partial charge in [0, 0.05) is 41.0 Å². The second-order valence-corrected chi connectivity index (χ2v) is 9.68. The van der Waals surface area contributed by atoms with Gasteiger partial charge in [0.2, 0.25) is 0 Å². The molecule has 0 spiro atoms. The molecule has 0 aliphatic carbocycles. The Hall–Kier alpha value is -2.73. The average Bonchev–Trinajstić information content (AvgIpc) is 3.11. The molecular weight excluding hydrogens is 475 g/mol. The predicted molar refractivity (Wildman–Crippen MR) is 146 cm³/mol. The van der Waals surface area contributed by atoms with Crippen molar-refractivity contribution in [1.82, 2.24) is 15.7 Å². The summed E-state index contributed by atoms with van der Waals surface area (Å²) in [5.74, 6) is 5.48. The number of benzene rings is 3. The second-order valence-electron chi connectivity index (χ2n) is 8.92. The van der Waals surface area contributed by atoms with E-state index in [0.717, 1.165) is 70.7 Å². The summed E-state index contributed by atoms with van der Waals surface area (Å²) in [6.45, 7) is 4.51. The number of nitrogens with zero attached hydrogens (tertiary/aromatic N) is 1. The Bertz CT molecular complexity index is 1380. The average molecular weight is 503 g/mol. The first-order valence-corrected chi connectivity index (χ1v) is 12.6. The summed E-state index contributed by atoms with van der Waals surface area (Å²) in [6, 6.07) is 22.8.